The van der Waals surface area contributed by atoms with Gasteiger partial charge in [0.25, 0.3) is 0 Å². The highest BCUT2D eigenvalue weighted by atomic mass is 35.5. The molecule has 0 bridgehead atoms. The fourth-order valence-electron chi connectivity index (χ4n) is 2.88. The van der Waals surface area contributed by atoms with Crippen LogP contribution in [0.25, 0.3) is 0 Å². The number of thiophene rings is 1. The van der Waals surface area contributed by atoms with E-state index in [1.807, 2.05) is 16.2 Å². The second-order valence-electron chi connectivity index (χ2n) is 4.83. The number of hydrogen-bond donors (Lipinski definition) is 1. The van der Waals surface area contributed by atoms with Crippen molar-refractivity contribution in [1.82, 2.24) is 10.2 Å². The van der Waals surface area contributed by atoms with Crippen molar-refractivity contribution < 1.29 is 18.6 Å². The Balaban J connectivity index is 0.000000667. The molecule has 0 aromatic carbocycles. The summed E-state index contributed by atoms with van der Waals surface area (Å²) >= 11 is 1.82. The van der Waals surface area contributed by atoms with Gasteiger partial charge in [-0.25, -0.2) is 4.99 Å². The monoisotopic (exact) mass is 283 g/mol. The molecule has 4 rings (SSSR count). The van der Waals surface area contributed by atoms with Crippen LogP contribution in [0.5, 0.6) is 0 Å². The smallest absolute Gasteiger partial charge is 1.00 e. The number of rotatable bonds is 0. The van der Waals surface area contributed by atoms with Gasteiger partial charge in [0.15, 0.2) is 0 Å². The zero-order valence-corrected chi connectivity index (χ0v) is 11.4. The standard InChI is InChI=1S/C12H13N3OS.ClH/c16-10-6-15-5-8-7-3-1-2-4-9(7)17-11(8)14-12(15)13-10;/h1-6H2,(H,13,14,16);1H. The van der Waals surface area contributed by atoms with Crippen LogP contribution in [0.2, 0.25) is 0 Å². The first-order chi connectivity index (χ1) is 8.31. The molecule has 3 aliphatic rings. The lowest BCUT2D eigenvalue weighted by Gasteiger charge is -2.22. The molecule has 4 nitrogen and oxygen atoms in total. The van der Waals surface area contributed by atoms with Crippen molar-refractivity contribution in [3.8, 4) is 0 Å². The van der Waals surface area contributed by atoms with Crippen LogP contribution in [0.4, 0.5) is 5.00 Å². The molecule has 1 aromatic heterocycles. The predicted molar refractivity (Wildman–Crippen MR) is 67.7 cm³/mol. The number of aliphatic imine (C=N–C) groups is 1. The SMILES string of the molecule is O=C1CN2Cc3c(sc4c3CCCC4)N=C2N1.[Cl-].[H+]. The van der Waals surface area contributed by atoms with Gasteiger partial charge < -0.3 is 17.3 Å². The van der Waals surface area contributed by atoms with Crippen molar-refractivity contribution in [3.63, 3.8) is 0 Å². The zero-order chi connectivity index (χ0) is 11.4. The third-order valence-electron chi connectivity index (χ3n) is 3.70. The molecule has 1 N–H and O–H groups in total. The Morgan fingerprint density at radius 1 is 1.22 bits per heavy atom. The summed E-state index contributed by atoms with van der Waals surface area (Å²) < 4.78 is 0. The Hall–Kier alpha value is -1.07. The topological polar surface area (TPSA) is 44.7 Å². The molecule has 1 fully saturated rings. The van der Waals surface area contributed by atoms with E-state index >= 15 is 0 Å². The summed E-state index contributed by atoms with van der Waals surface area (Å²) in [5.41, 5.74) is 2.91. The van der Waals surface area contributed by atoms with E-state index in [1.54, 1.807) is 0 Å². The summed E-state index contributed by atoms with van der Waals surface area (Å²) in [6.07, 6.45) is 5.01. The Morgan fingerprint density at radius 2 is 2.06 bits per heavy atom. The lowest BCUT2D eigenvalue weighted by Crippen LogP contribution is -3.00. The number of nitrogens with one attached hydrogen (secondary N) is 1. The van der Waals surface area contributed by atoms with Crippen LogP contribution in [-0.4, -0.2) is 23.3 Å². The van der Waals surface area contributed by atoms with Crippen LogP contribution in [0.1, 0.15) is 30.3 Å². The third kappa shape index (κ3) is 1.65. The van der Waals surface area contributed by atoms with Crippen molar-refractivity contribution in [3.05, 3.63) is 16.0 Å². The average Bonchev–Trinajstić information content (AvgIpc) is 2.84. The molecule has 1 aliphatic carbocycles. The maximum atomic E-state index is 11.3. The second kappa shape index (κ2) is 4.24. The molecule has 1 amide bonds. The maximum absolute atomic E-state index is 11.3. The van der Waals surface area contributed by atoms with E-state index in [-0.39, 0.29) is 19.7 Å². The van der Waals surface area contributed by atoms with Gasteiger partial charge in [0.2, 0.25) is 11.9 Å². The molecule has 1 saturated heterocycles. The minimum atomic E-state index is 0. The number of amides is 1. The number of carbonyl (C=O) groups is 1. The number of carbonyl (C=O) groups excluding carboxylic acids is 1. The Morgan fingerprint density at radius 3 is 2.94 bits per heavy atom. The zero-order valence-electron chi connectivity index (χ0n) is 10.8. The van der Waals surface area contributed by atoms with Gasteiger partial charge >= 0.3 is 1.43 Å². The number of nitrogens with zero attached hydrogens (tertiary/aromatic N) is 2. The van der Waals surface area contributed by atoms with Crippen molar-refractivity contribution in [2.75, 3.05) is 6.54 Å². The Labute approximate surface area is 117 Å². The molecule has 2 aliphatic heterocycles. The molecule has 6 heteroatoms. The number of hydrogen-bond acceptors (Lipinski definition) is 4. The molecule has 1 aromatic rings. The fraction of sp³-hybridized carbons (Fsp3) is 0.500. The maximum Gasteiger partial charge on any atom is 1.00 e. The van der Waals surface area contributed by atoms with Crippen LogP contribution < -0.4 is 17.7 Å². The fourth-order valence-corrected chi connectivity index (χ4v) is 4.15. The first-order valence-electron chi connectivity index (χ1n) is 6.08. The molecule has 96 valence electrons. The first-order valence-corrected chi connectivity index (χ1v) is 6.90. The summed E-state index contributed by atoms with van der Waals surface area (Å²) in [5.74, 6) is 0.814. The molecule has 3 heterocycles. The highest BCUT2D eigenvalue weighted by Crippen LogP contribution is 2.42. The van der Waals surface area contributed by atoms with Gasteiger partial charge in [0.1, 0.15) is 11.5 Å². The van der Waals surface area contributed by atoms with E-state index in [2.05, 4.69) is 10.3 Å². The van der Waals surface area contributed by atoms with Crippen LogP contribution in [0.15, 0.2) is 4.99 Å². The lowest BCUT2D eigenvalue weighted by molar-refractivity contribution is -0.118. The number of fused-ring (bicyclic) bond motifs is 4. The van der Waals surface area contributed by atoms with E-state index in [9.17, 15) is 4.79 Å². The quantitative estimate of drug-likeness (QED) is 0.642. The Kier molecular flexibility index (Phi) is 2.83. The van der Waals surface area contributed by atoms with E-state index in [1.165, 1.54) is 41.7 Å². The van der Waals surface area contributed by atoms with Gasteiger partial charge in [-0.05, 0) is 31.2 Å². The normalized spacial score (nSPS) is 20.3. The van der Waals surface area contributed by atoms with E-state index < -0.39 is 0 Å². The Bertz CT molecular complexity index is 557. The van der Waals surface area contributed by atoms with Crippen LogP contribution in [0.3, 0.4) is 0 Å². The molecule has 0 unspecified atom stereocenters. The molecular weight excluding hydrogens is 270 g/mol. The van der Waals surface area contributed by atoms with Crippen molar-refractivity contribution in [2.24, 2.45) is 4.99 Å². The van der Waals surface area contributed by atoms with Crippen molar-refractivity contribution in [1.29, 1.82) is 0 Å². The summed E-state index contributed by atoms with van der Waals surface area (Å²) in [7, 11) is 0. The lowest BCUT2D eigenvalue weighted by atomic mass is 9.95. The van der Waals surface area contributed by atoms with Gasteiger partial charge in [-0.3, -0.25) is 10.1 Å². The van der Waals surface area contributed by atoms with Gasteiger partial charge in [-0.1, -0.05) is 0 Å². The number of guanidine groups is 1. The number of halogens is 1. The van der Waals surface area contributed by atoms with Gasteiger partial charge in [-0.15, -0.1) is 11.3 Å². The summed E-state index contributed by atoms with van der Waals surface area (Å²) in [5, 5.41) is 3.95. The van der Waals surface area contributed by atoms with E-state index in [0.29, 0.717) is 6.54 Å². The molecule has 0 spiro atoms. The highest BCUT2D eigenvalue weighted by Gasteiger charge is 2.32. The van der Waals surface area contributed by atoms with E-state index in [4.69, 9.17) is 0 Å². The molecule has 0 radical (unpaired) electrons. The van der Waals surface area contributed by atoms with E-state index in [0.717, 1.165) is 17.5 Å². The summed E-state index contributed by atoms with van der Waals surface area (Å²) in [6, 6.07) is 0. The van der Waals surface area contributed by atoms with Crippen LogP contribution >= 0.6 is 11.3 Å². The minimum Gasteiger partial charge on any atom is -1.00 e. The predicted octanol–water partition coefficient (Wildman–Crippen LogP) is -1.32. The van der Waals surface area contributed by atoms with Gasteiger partial charge in [0, 0.05) is 17.0 Å². The largest absolute Gasteiger partial charge is 1.00 e. The molecule has 0 atom stereocenters. The highest BCUT2D eigenvalue weighted by molar-refractivity contribution is 7.16. The van der Waals surface area contributed by atoms with Gasteiger partial charge in [0.05, 0.1) is 0 Å². The summed E-state index contributed by atoms with van der Waals surface area (Å²) in [4.78, 5) is 19.5. The van der Waals surface area contributed by atoms with Crippen LogP contribution in [-0.2, 0) is 24.2 Å². The first kappa shape index (κ1) is 12.0. The molecule has 18 heavy (non-hydrogen) atoms. The molecular formula is C12H14ClN3OS. The third-order valence-corrected chi connectivity index (χ3v) is 4.93. The average molecular weight is 284 g/mol. The number of aryl methyl sites for hydroxylation is 1. The van der Waals surface area contributed by atoms with Gasteiger partial charge in [-0.2, -0.15) is 0 Å². The molecule has 0 saturated carbocycles. The van der Waals surface area contributed by atoms with Crippen molar-refractivity contribution >= 4 is 28.2 Å². The van der Waals surface area contributed by atoms with Crippen molar-refractivity contribution in [2.45, 2.75) is 32.2 Å². The van der Waals surface area contributed by atoms with Crippen LogP contribution in [0, 0.1) is 0 Å². The second-order valence-corrected chi connectivity index (χ2v) is 5.92. The summed E-state index contributed by atoms with van der Waals surface area (Å²) in [6.45, 7) is 1.32. The minimum absolute atomic E-state index is 0.